The molecule has 0 aromatic heterocycles. The molecule has 8 heteroatoms. The van der Waals surface area contributed by atoms with Gasteiger partial charge in [-0.3, -0.25) is 19.2 Å². The molecular formula is C34H16N4O4. The normalized spacial score (nSPS) is 13.8. The fourth-order valence-electron chi connectivity index (χ4n) is 5.65. The van der Waals surface area contributed by atoms with Gasteiger partial charge in [0.05, 0.1) is 29.5 Å². The Labute approximate surface area is 239 Å². The lowest BCUT2D eigenvalue weighted by atomic mass is 9.81. The van der Waals surface area contributed by atoms with Crippen molar-refractivity contribution in [2.24, 2.45) is 0 Å². The third kappa shape index (κ3) is 3.40. The van der Waals surface area contributed by atoms with E-state index in [1.807, 2.05) is 36.4 Å². The second-order valence-electron chi connectivity index (χ2n) is 9.80. The van der Waals surface area contributed by atoms with Gasteiger partial charge in [0.2, 0.25) is 0 Å². The van der Waals surface area contributed by atoms with E-state index in [1.165, 1.54) is 48.5 Å². The first kappa shape index (κ1) is 24.6. The zero-order valence-electron chi connectivity index (χ0n) is 21.7. The van der Waals surface area contributed by atoms with Crippen LogP contribution in [0.2, 0.25) is 0 Å². The molecule has 0 spiro atoms. The first-order chi connectivity index (χ1) is 20.4. The Bertz CT molecular complexity index is 2120. The van der Waals surface area contributed by atoms with Crippen molar-refractivity contribution in [3.8, 4) is 17.2 Å². The van der Waals surface area contributed by atoms with Crippen molar-refractivity contribution in [2.75, 3.05) is 9.80 Å². The van der Waals surface area contributed by atoms with Gasteiger partial charge in [-0.05, 0) is 65.7 Å². The van der Waals surface area contributed by atoms with Crippen molar-refractivity contribution in [1.29, 1.82) is 5.26 Å². The van der Waals surface area contributed by atoms with Gasteiger partial charge in [-0.1, -0.05) is 42.5 Å². The number of hydrogen-bond acceptors (Lipinski definition) is 5. The number of amides is 4. The number of nitrogens with zero attached hydrogens (tertiary/aromatic N) is 4. The Hall–Kier alpha value is -6.38. The van der Waals surface area contributed by atoms with Crippen LogP contribution < -0.4 is 9.80 Å². The molecule has 0 atom stereocenters. The maximum atomic E-state index is 14.2. The topological polar surface area (TPSA) is 103 Å². The molecule has 0 saturated heterocycles. The molecule has 42 heavy (non-hydrogen) atoms. The largest absolute Gasteiger partial charge is 0.268 e. The molecule has 0 aliphatic carbocycles. The lowest BCUT2D eigenvalue weighted by Crippen LogP contribution is -2.43. The van der Waals surface area contributed by atoms with E-state index >= 15 is 0 Å². The van der Waals surface area contributed by atoms with Gasteiger partial charge >= 0.3 is 0 Å². The molecule has 0 saturated carbocycles. The first-order valence-electron chi connectivity index (χ1n) is 12.9. The summed E-state index contributed by atoms with van der Waals surface area (Å²) in [4.78, 5) is 61.4. The van der Waals surface area contributed by atoms with E-state index < -0.39 is 23.6 Å². The maximum Gasteiger partial charge on any atom is 0.266 e. The second-order valence-corrected chi connectivity index (χ2v) is 9.80. The number of rotatable bonds is 3. The summed E-state index contributed by atoms with van der Waals surface area (Å²) >= 11 is 0. The van der Waals surface area contributed by atoms with Crippen LogP contribution >= 0.6 is 0 Å². The molecule has 0 unspecified atom stereocenters. The highest BCUT2D eigenvalue weighted by atomic mass is 16.2. The number of imide groups is 2. The van der Waals surface area contributed by atoms with Crippen molar-refractivity contribution in [3.63, 3.8) is 0 Å². The summed E-state index contributed by atoms with van der Waals surface area (Å²) in [6.07, 6.45) is 0. The van der Waals surface area contributed by atoms with Crippen LogP contribution in [0.25, 0.3) is 26.7 Å². The minimum absolute atomic E-state index is 0.184. The predicted molar refractivity (Wildman–Crippen MR) is 156 cm³/mol. The number of anilines is 2. The maximum absolute atomic E-state index is 14.2. The van der Waals surface area contributed by atoms with Crippen LogP contribution in [-0.2, 0) is 0 Å². The van der Waals surface area contributed by atoms with Gasteiger partial charge in [0.25, 0.3) is 23.6 Å². The number of nitriles is 1. The summed E-state index contributed by atoms with van der Waals surface area (Å²) < 4.78 is 0. The van der Waals surface area contributed by atoms with Crippen LogP contribution in [0.15, 0.2) is 97.1 Å². The first-order valence-corrected chi connectivity index (χ1v) is 12.9. The molecule has 0 N–H and O–H groups in total. The third-order valence-electron chi connectivity index (χ3n) is 7.58. The van der Waals surface area contributed by atoms with Crippen molar-refractivity contribution in [1.82, 2.24) is 0 Å². The van der Waals surface area contributed by atoms with E-state index in [1.54, 1.807) is 18.2 Å². The SMILES string of the molecule is [C-]#[N+]c1ccc(N2C(=O)c3ccc4c5c(cc(-c6ccccc6)c(c35)C2=O)C(=O)N(c2ccc(C#N)cc2)C4=O)cc1. The average Bonchev–Trinajstić information content (AvgIpc) is 3.03. The molecule has 2 heterocycles. The van der Waals surface area contributed by atoms with E-state index in [0.29, 0.717) is 33.8 Å². The Morgan fingerprint density at radius 2 is 1.14 bits per heavy atom. The van der Waals surface area contributed by atoms with Crippen molar-refractivity contribution in [3.05, 3.63) is 136 Å². The summed E-state index contributed by atoms with van der Waals surface area (Å²) in [5.74, 6) is -2.39. The number of carbonyl (C=O) groups is 4. The molecule has 2 aliphatic heterocycles. The molecule has 196 valence electrons. The molecular weight excluding hydrogens is 528 g/mol. The summed E-state index contributed by atoms with van der Waals surface area (Å²) in [6.45, 7) is 7.22. The zero-order valence-corrected chi connectivity index (χ0v) is 21.7. The van der Waals surface area contributed by atoms with Gasteiger partial charge in [-0.2, -0.15) is 5.26 Å². The highest BCUT2D eigenvalue weighted by Gasteiger charge is 2.42. The van der Waals surface area contributed by atoms with Crippen LogP contribution in [0.4, 0.5) is 17.1 Å². The fourth-order valence-corrected chi connectivity index (χ4v) is 5.65. The Balaban J connectivity index is 1.51. The van der Waals surface area contributed by atoms with Crippen LogP contribution in [-0.4, -0.2) is 23.6 Å². The predicted octanol–water partition coefficient (Wildman–Crippen LogP) is 6.53. The number of benzene rings is 5. The standard InChI is InChI=1S/C34H16N4O4/c1-36-21-9-13-23(14-10-21)38-32(40)25-16-15-24-28-27(33(41)37(31(24)39)22-11-7-19(18-35)8-12-22)17-26(20-5-3-2-4-6-20)30(29(25)28)34(38)42/h2-17H. The second kappa shape index (κ2) is 9.09. The molecule has 0 fully saturated rings. The summed E-state index contributed by atoms with van der Waals surface area (Å²) in [5.41, 5.74) is 3.20. The van der Waals surface area contributed by atoms with Gasteiger partial charge in [0, 0.05) is 33.2 Å². The van der Waals surface area contributed by atoms with Crippen LogP contribution in [0, 0.1) is 17.9 Å². The Morgan fingerprint density at radius 3 is 1.74 bits per heavy atom. The monoisotopic (exact) mass is 544 g/mol. The van der Waals surface area contributed by atoms with E-state index in [2.05, 4.69) is 4.85 Å². The lowest BCUT2D eigenvalue weighted by Gasteiger charge is -2.33. The van der Waals surface area contributed by atoms with Crippen molar-refractivity contribution < 1.29 is 19.2 Å². The van der Waals surface area contributed by atoms with E-state index in [4.69, 9.17) is 6.57 Å². The van der Waals surface area contributed by atoms with Crippen LogP contribution in [0.3, 0.4) is 0 Å². The molecule has 0 radical (unpaired) electrons. The minimum Gasteiger partial charge on any atom is -0.268 e. The van der Waals surface area contributed by atoms with Crippen molar-refractivity contribution in [2.45, 2.75) is 0 Å². The zero-order chi connectivity index (χ0) is 29.1. The summed E-state index contributed by atoms with van der Waals surface area (Å²) in [5, 5.41) is 9.70. The van der Waals surface area contributed by atoms with Gasteiger partial charge in [0.15, 0.2) is 5.69 Å². The van der Waals surface area contributed by atoms with Gasteiger partial charge in [-0.25, -0.2) is 14.6 Å². The third-order valence-corrected chi connectivity index (χ3v) is 7.58. The molecule has 4 amide bonds. The van der Waals surface area contributed by atoms with Crippen molar-refractivity contribution >= 4 is 51.5 Å². The van der Waals surface area contributed by atoms with Crippen LogP contribution in [0.5, 0.6) is 0 Å². The molecule has 2 aliphatic rings. The molecule has 5 aromatic rings. The highest BCUT2D eigenvalue weighted by Crippen LogP contribution is 2.44. The minimum atomic E-state index is -0.602. The van der Waals surface area contributed by atoms with Gasteiger partial charge < -0.3 is 0 Å². The average molecular weight is 545 g/mol. The molecule has 0 bridgehead atoms. The summed E-state index contributed by atoms with van der Waals surface area (Å²) in [7, 11) is 0. The van der Waals surface area contributed by atoms with E-state index in [-0.39, 0.29) is 33.0 Å². The van der Waals surface area contributed by atoms with Crippen LogP contribution in [0.1, 0.15) is 47.0 Å². The highest BCUT2D eigenvalue weighted by molar-refractivity contribution is 6.43. The smallest absolute Gasteiger partial charge is 0.266 e. The van der Waals surface area contributed by atoms with Gasteiger partial charge in [0.1, 0.15) is 0 Å². The number of carbonyl (C=O) groups excluding carboxylic acids is 4. The molecule has 8 nitrogen and oxygen atoms in total. The lowest BCUT2D eigenvalue weighted by molar-refractivity contribution is 0.0873. The molecule has 5 aromatic carbocycles. The molecule has 7 rings (SSSR count). The summed E-state index contributed by atoms with van der Waals surface area (Å²) in [6, 6.07) is 28.0. The quantitative estimate of drug-likeness (QED) is 0.190. The van der Waals surface area contributed by atoms with E-state index in [9.17, 15) is 24.4 Å². The van der Waals surface area contributed by atoms with E-state index in [0.717, 1.165) is 9.80 Å². The van der Waals surface area contributed by atoms with Gasteiger partial charge in [-0.15, -0.1) is 0 Å². The number of hydrogen-bond donors (Lipinski definition) is 0. The Kier molecular flexibility index (Phi) is 5.33. The fraction of sp³-hybridized carbons (Fsp3) is 0. The Morgan fingerprint density at radius 1 is 0.595 bits per heavy atom.